The number of rotatable bonds is 2. The smallest absolute Gasteiger partial charge is 0.142 e. The van der Waals surface area contributed by atoms with E-state index in [0.29, 0.717) is 0 Å². The first-order chi connectivity index (χ1) is 9.65. The van der Waals surface area contributed by atoms with Gasteiger partial charge in [0.1, 0.15) is 5.75 Å². The van der Waals surface area contributed by atoms with Crippen molar-refractivity contribution >= 4 is 11.6 Å². The van der Waals surface area contributed by atoms with Gasteiger partial charge in [0.2, 0.25) is 0 Å². The zero-order chi connectivity index (χ0) is 14.2. The molecular weight excluding hydrogens is 270 g/mol. The van der Waals surface area contributed by atoms with E-state index in [1.165, 1.54) is 48.8 Å². The Morgan fingerprint density at radius 1 is 1.10 bits per heavy atom. The van der Waals surface area contributed by atoms with Gasteiger partial charge in [-0.1, -0.05) is 30.9 Å². The van der Waals surface area contributed by atoms with Gasteiger partial charge in [0, 0.05) is 11.1 Å². The van der Waals surface area contributed by atoms with Crippen molar-refractivity contribution in [2.24, 2.45) is 5.73 Å². The van der Waals surface area contributed by atoms with E-state index < -0.39 is 0 Å². The van der Waals surface area contributed by atoms with Crippen molar-refractivity contribution in [1.82, 2.24) is 0 Å². The second-order valence-corrected chi connectivity index (χ2v) is 6.74. The molecule has 1 aromatic carbocycles. The summed E-state index contributed by atoms with van der Waals surface area (Å²) in [7, 11) is 1.71. The SMILES string of the molecule is COc1c(Cl)cc2c(c1C1(N)CCCCC1)CCCC2. The lowest BCUT2D eigenvalue weighted by atomic mass is 9.72. The molecule has 0 spiro atoms. The standard InChI is InChI=1S/C17H24ClNO/c1-20-16-14(18)11-12-7-3-4-8-13(12)15(16)17(19)9-5-2-6-10-17/h11H,2-10,19H2,1H3. The van der Waals surface area contributed by atoms with E-state index in [1.807, 2.05) is 0 Å². The summed E-state index contributed by atoms with van der Waals surface area (Å²) < 4.78 is 5.65. The summed E-state index contributed by atoms with van der Waals surface area (Å²) in [4.78, 5) is 0. The average molecular weight is 294 g/mol. The van der Waals surface area contributed by atoms with Crippen LogP contribution in [0.4, 0.5) is 0 Å². The molecule has 0 aromatic heterocycles. The molecule has 2 aliphatic carbocycles. The first-order valence-electron chi connectivity index (χ1n) is 7.83. The van der Waals surface area contributed by atoms with Crippen LogP contribution in [0.15, 0.2) is 6.07 Å². The van der Waals surface area contributed by atoms with Gasteiger partial charge in [-0.15, -0.1) is 0 Å². The van der Waals surface area contributed by atoms with Crippen LogP contribution in [0.5, 0.6) is 5.75 Å². The topological polar surface area (TPSA) is 35.2 Å². The van der Waals surface area contributed by atoms with Crippen molar-refractivity contribution in [2.45, 2.75) is 63.3 Å². The molecule has 0 saturated heterocycles. The van der Waals surface area contributed by atoms with E-state index in [1.54, 1.807) is 7.11 Å². The minimum absolute atomic E-state index is 0.240. The highest BCUT2D eigenvalue weighted by atomic mass is 35.5. The normalized spacial score (nSPS) is 21.4. The summed E-state index contributed by atoms with van der Waals surface area (Å²) in [6.45, 7) is 0. The fourth-order valence-corrected chi connectivity index (χ4v) is 4.31. The van der Waals surface area contributed by atoms with Gasteiger partial charge < -0.3 is 10.5 Å². The fraction of sp³-hybridized carbons (Fsp3) is 0.647. The van der Waals surface area contributed by atoms with Crippen LogP contribution in [0.25, 0.3) is 0 Å². The number of methoxy groups -OCH3 is 1. The van der Waals surface area contributed by atoms with Crippen molar-refractivity contribution < 1.29 is 4.74 Å². The molecule has 20 heavy (non-hydrogen) atoms. The molecule has 0 bridgehead atoms. The molecular formula is C17H24ClNO. The van der Waals surface area contributed by atoms with Gasteiger partial charge >= 0.3 is 0 Å². The molecule has 1 fully saturated rings. The van der Waals surface area contributed by atoms with Crippen LogP contribution < -0.4 is 10.5 Å². The van der Waals surface area contributed by atoms with Crippen molar-refractivity contribution in [3.8, 4) is 5.75 Å². The number of aryl methyl sites for hydroxylation is 1. The molecule has 0 unspecified atom stereocenters. The van der Waals surface area contributed by atoms with Crippen LogP contribution >= 0.6 is 11.6 Å². The highest BCUT2D eigenvalue weighted by Gasteiger charge is 2.36. The molecule has 2 N–H and O–H groups in total. The molecule has 0 atom stereocenters. The first-order valence-corrected chi connectivity index (χ1v) is 8.21. The molecule has 110 valence electrons. The second kappa shape index (κ2) is 5.57. The molecule has 3 rings (SSSR count). The van der Waals surface area contributed by atoms with Gasteiger partial charge in [0.25, 0.3) is 0 Å². The zero-order valence-electron chi connectivity index (χ0n) is 12.3. The largest absolute Gasteiger partial charge is 0.495 e. The first kappa shape index (κ1) is 14.2. The van der Waals surface area contributed by atoms with Gasteiger partial charge in [-0.05, 0) is 55.7 Å². The van der Waals surface area contributed by atoms with Crippen LogP contribution in [-0.2, 0) is 18.4 Å². The van der Waals surface area contributed by atoms with Gasteiger partial charge in [-0.3, -0.25) is 0 Å². The fourth-order valence-electron chi connectivity index (χ4n) is 4.01. The lowest BCUT2D eigenvalue weighted by Gasteiger charge is -2.38. The summed E-state index contributed by atoms with van der Waals surface area (Å²) in [5, 5.41) is 0.735. The number of hydrogen-bond acceptors (Lipinski definition) is 2. The average Bonchev–Trinajstić information content (AvgIpc) is 2.46. The number of benzene rings is 1. The Balaban J connectivity index is 2.18. The minimum atomic E-state index is -0.240. The van der Waals surface area contributed by atoms with Crippen LogP contribution in [0.1, 0.15) is 61.6 Å². The maximum absolute atomic E-state index is 6.81. The Bertz CT molecular complexity index is 506. The molecule has 0 amide bonds. The molecule has 0 radical (unpaired) electrons. The Kier molecular flexibility index (Phi) is 3.96. The Morgan fingerprint density at radius 3 is 2.50 bits per heavy atom. The van der Waals surface area contributed by atoms with E-state index in [4.69, 9.17) is 22.1 Å². The van der Waals surface area contributed by atoms with Crippen molar-refractivity contribution in [2.75, 3.05) is 7.11 Å². The van der Waals surface area contributed by atoms with Crippen LogP contribution in [-0.4, -0.2) is 7.11 Å². The minimum Gasteiger partial charge on any atom is -0.495 e. The molecule has 2 nitrogen and oxygen atoms in total. The predicted octanol–water partition coefficient (Wildman–Crippen LogP) is 4.35. The van der Waals surface area contributed by atoms with Crippen molar-refractivity contribution in [3.05, 3.63) is 27.8 Å². The maximum atomic E-state index is 6.81. The zero-order valence-corrected chi connectivity index (χ0v) is 13.1. The molecule has 0 aliphatic heterocycles. The summed E-state index contributed by atoms with van der Waals surface area (Å²) >= 11 is 6.47. The third kappa shape index (κ3) is 2.33. The third-order valence-corrected chi connectivity index (χ3v) is 5.29. The van der Waals surface area contributed by atoms with Crippen LogP contribution in [0.3, 0.4) is 0 Å². The Labute approximate surface area is 126 Å². The molecule has 1 aromatic rings. The third-order valence-electron chi connectivity index (χ3n) is 5.01. The highest BCUT2D eigenvalue weighted by Crippen LogP contribution is 2.46. The summed E-state index contributed by atoms with van der Waals surface area (Å²) in [6.07, 6.45) is 10.6. The van der Waals surface area contributed by atoms with Crippen molar-refractivity contribution in [1.29, 1.82) is 0 Å². The van der Waals surface area contributed by atoms with E-state index in [2.05, 4.69) is 6.07 Å². The quantitative estimate of drug-likeness (QED) is 0.880. The summed E-state index contributed by atoms with van der Waals surface area (Å²) in [5.41, 5.74) is 10.6. The number of ether oxygens (including phenoxy) is 1. The van der Waals surface area contributed by atoms with E-state index in [0.717, 1.165) is 36.5 Å². The van der Waals surface area contributed by atoms with Crippen LogP contribution in [0.2, 0.25) is 5.02 Å². The molecule has 2 aliphatic rings. The Hall–Kier alpha value is -0.730. The lowest BCUT2D eigenvalue weighted by Crippen LogP contribution is -2.40. The van der Waals surface area contributed by atoms with E-state index in [-0.39, 0.29) is 5.54 Å². The van der Waals surface area contributed by atoms with Gasteiger partial charge in [-0.25, -0.2) is 0 Å². The van der Waals surface area contributed by atoms with E-state index in [9.17, 15) is 0 Å². The predicted molar refractivity (Wildman–Crippen MR) is 83.6 cm³/mol. The molecule has 0 heterocycles. The Morgan fingerprint density at radius 2 is 1.80 bits per heavy atom. The van der Waals surface area contributed by atoms with Crippen molar-refractivity contribution in [3.63, 3.8) is 0 Å². The van der Waals surface area contributed by atoms with E-state index >= 15 is 0 Å². The number of hydrogen-bond donors (Lipinski definition) is 1. The van der Waals surface area contributed by atoms with Gasteiger partial charge in [-0.2, -0.15) is 0 Å². The number of halogens is 1. The summed E-state index contributed by atoms with van der Waals surface area (Å²) in [5.74, 6) is 0.830. The number of nitrogens with two attached hydrogens (primary N) is 1. The highest BCUT2D eigenvalue weighted by molar-refractivity contribution is 6.32. The lowest BCUT2D eigenvalue weighted by molar-refractivity contribution is 0.286. The summed E-state index contributed by atoms with van der Waals surface area (Å²) in [6, 6.07) is 2.10. The monoisotopic (exact) mass is 293 g/mol. The maximum Gasteiger partial charge on any atom is 0.142 e. The number of fused-ring (bicyclic) bond motifs is 1. The molecule has 3 heteroatoms. The van der Waals surface area contributed by atoms with Crippen LogP contribution in [0, 0.1) is 0 Å². The second-order valence-electron chi connectivity index (χ2n) is 6.33. The van der Waals surface area contributed by atoms with Gasteiger partial charge in [0.15, 0.2) is 0 Å². The van der Waals surface area contributed by atoms with Gasteiger partial charge in [0.05, 0.1) is 12.1 Å². The molecule has 1 saturated carbocycles.